The van der Waals surface area contributed by atoms with E-state index in [0.29, 0.717) is 23.3 Å². The first-order valence-corrected chi connectivity index (χ1v) is 11.3. The maximum atomic E-state index is 14.9. The van der Waals surface area contributed by atoms with Crippen LogP contribution in [0.1, 0.15) is 22.3 Å². The maximum absolute atomic E-state index is 14.9. The van der Waals surface area contributed by atoms with Crippen molar-refractivity contribution in [2.75, 3.05) is 0 Å². The van der Waals surface area contributed by atoms with Crippen LogP contribution in [0.25, 0.3) is 28.1 Å². The quantitative estimate of drug-likeness (QED) is 0.208. The molecule has 10 heteroatoms. The van der Waals surface area contributed by atoms with E-state index in [0.717, 1.165) is 24.3 Å². The molecule has 0 nitrogen and oxygen atoms in total. The van der Waals surface area contributed by atoms with Crippen LogP contribution in [-0.2, 0) is 19.0 Å². The van der Waals surface area contributed by atoms with Crippen LogP contribution in [0.2, 0.25) is 0 Å². The second-order valence-electron chi connectivity index (χ2n) is 8.58. The number of hydrogen-bond acceptors (Lipinski definition) is 0. The summed E-state index contributed by atoms with van der Waals surface area (Å²) in [6.07, 6.45) is -7.89. The van der Waals surface area contributed by atoms with Crippen LogP contribution in [0.15, 0.2) is 78.9 Å². The highest BCUT2D eigenvalue weighted by Gasteiger charge is 2.37. The molecule has 0 spiro atoms. The second-order valence-corrected chi connectivity index (χ2v) is 8.58. The SMILES string of the molecule is FC(F)=C(F)c1ccc(-c2ccc(-c3ccc(CCc4cc(F)c(C(F)(F)F)c(F)c4)c(F)c3)c(F)c2)cc1. The average Bonchev–Trinajstić information content (AvgIpc) is 2.86. The molecule has 0 unspecified atom stereocenters. The van der Waals surface area contributed by atoms with E-state index in [9.17, 15) is 43.9 Å². The summed E-state index contributed by atoms with van der Waals surface area (Å²) in [4.78, 5) is 0. The largest absolute Gasteiger partial charge is 0.422 e. The molecule has 0 saturated carbocycles. The van der Waals surface area contributed by atoms with Gasteiger partial charge < -0.3 is 0 Å². The van der Waals surface area contributed by atoms with E-state index in [4.69, 9.17) is 0 Å². The molecule has 39 heavy (non-hydrogen) atoms. The van der Waals surface area contributed by atoms with Crippen molar-refractivity contribution in [3.8, 4) is 22.3 Å². The van der Waals surface area contributed by atoms with Crippen LogP contribution >= 0.6 is 0 Å². The minimum absolute atomic E-state index is 0.0428. The van der Waals surface area contributed by atoms with E-state index in [1.165, 1.54) is 36.4 Å². The minimum Gasteiger partial charge on any atom is -0.207 e. The van der Waals surface area contributed by atoms with E-state index < -0.39 is 46.9 Å². The van der Waals surface area contributed by atoms with Gasteiger partial charge in [0.25, 0.3) is 0 Å². The molecule has 0 aliphatic carbocycles. The summed E-state index contributed by atoms with van der Waals surface area (Å²) in [5.74, 6) is -6.66. The van der Waals surface area contributed by atoms with Crippen LogP contribution in [0.4, 0.5) is 43.9 Å². The fraction of sp³-hybridized carbons (Fsp3) is 0.103. The molecule has 0 amide bonds. The van der Waals surface area contributed by atoms with Crippen molar-refractivity contribution in [3.05, 3.63) is 124 Å². The Balaban J connectivity index is 1.51. The summed E-state index contributed by atoms with van der Waals surface area (Å²) in [5, 5.41) is 0. The Bertz CT molecular complexity index is 1520. The van der Waals surface area contributed by atoms with Gasteiger partial charge in [0.1, 0.15) is 28.8 Å². The average molecular weight is 554 g/mol. The molecular weight excluding hydrogens is 538 g/mol. The zero-order valence-electron chi connectivity index (χ0n) is 19.6. The molecule has 0 aromatic heterocycles. The molecule has 4 aromatic carbocycles. The van der Waals surface area contributed by atoms with Gasteiger partial charge in [-0.25, -0.2) is 22.0 Å². The molecule has 0 fully saturated rings. The van der Waals surface area contributed by atoms with Gasteiger partial charge >= 0.3 is 12.3 Å². The van der Waals surface area contributed by atoms with Gasteiger partial charge in [-0.15, -0.1) is 0 Å². The summed E-state index contributed by atoms with van der Waals surface area (Å²) in [6, 6.07) is 13.9. The molecule has 0 heterocycles. The lowest BCUT2D eigenvalue weighted by molar-refractivity contribution is -0.142. The van der Waals surface area contributed by atoms with Crippen LogP contribution in [0, 0.1) is 23.3 Å². The zero-order chi connectivity index (χ0) is 28.5. The molecule has 0 radical (unpaired) electrons. The number of aryl methyl sites for hydroxylation is 2. The highest BCUT2D eigenvalue weighted by molar-refractivity contribution is 5.72. The van der Waals surface area contributed by atoms with E-state index in [-0.39, 0.29) is 40.7 Å². The van der Waals surface area contributed by atoms with Crippen LogP contribution in [0.5, 0.6) is 0 Å². The summed E-state index contributed by atoms with van der Waals surface area (Å²) >= 11 is 0. The fourth-order valence-electron chi connectivity index (χ4n) is 4.08. The van der Waals surface area contributed by atoms with Gasteiger partial charge in [0.15, 0.2) is 5.83 Å². The molecule has 0 N–H and O–H groups in total. The van der Waals surface area contributed by atoms with Crippen LogP contribution in [0.3, 0.4) is 0 Å². The van der Waals surface area contributed by atoms with Gasteiger partial charge in [0.05, 0.1) is 0 Å². The first kappa shape index (κ1) is 27.9. The Morgan fingerprint density at radius 1 is 0.564 bits per heavy atom. The predicted molar refractivity (Wildman–Crippen MR) is 126 cm³/mol. The Hall–Kier alpha value is -4.08. The van der Waals surface area contributed by atoms with Gasteiger partial charge in [-0.2, -0.15) is 22.0 Å². The topological polar surface area (TPSA) is 0 Å². The first-order chi connectivity index (χ1) is 18.3. The molecule has 4 rings (SSSR count). The van der Waals surface area contributed by atoms with Crippen molar-refractivity contribution in [1.29, 1.82) is 0 Å². The summed E-state index contributed by atoms with van der Waals surface area (Å²) < 4.78 is 134. The smallest absolute Gasteiger partial charge is 0.207 e. The van der Waals surface area contributed by atoms with Gasteiger partial charge in [-0.3, -0.25) is 0 Å². The van der Waals surface area contributed by atoms with Crippen LogP contribution < -0.4 is 0 Å². The van der Waals surface area contributed by atoms with E-state index in [1.54, 1.807) is 0 Å². The fourth-order valence-corrected chi connectivity index (χ4v) is 4.08. The van der Waals surface area contributed by atoms with E-state index in [2.05, 4.69) is 0 Å². The lowest BCUT2D eigenvalue weighted by atomic mass is 9.96. The van der Waals surface area contributed by atoms with Crippen molar-refractivity contribution in [1.82, 2.24) is 0 Å². The van der Waals surface area contributed by atoms with E-state index >= 15 is 0 Å². The number of benzene rings is 4. The molecule has 0 bridgehead atoms. The van der Waals surface area contributed by atoms with Crippen molar-refractivity contribution < 1.29 is 43.9 Å². The molecule has 0 aliphatic heterocycles. The third kappa shape index (κ3) is 6.16. The van der Waals surface area contributed by atoms with E-state index in [1.807, 2.05) is 0 Å². The van der Waals surface area contributed by atoms with Crippen molar-refractivity contribution in [3.63, 3.8) is 0 Å². The van der Waals surface area contributed by atoms with Gasteiger partial charge in [0, 0.05) is 11.1 Å². The molecule has 0 saturated heterocycles. The maximum Gasteiger partial charge on any atom is 0.422 e. The highest BCUT2D eigenvalue weighted by atomic mass is 19.4. The Morgan fingerprint density at radius 3 is 1.67 bits per heavy atom. The Morgan fingerprint density at radius 2 is 1.13 bits per heavy atom. The van der Waals surface area contributed by atoms with Gasteiger partial charge in [0.2, 0.25) is 0 Å². The minimum atomic E-state index is -5.19. The van der Waals surface area contributed by atoms with Crippen LogP contribution in [-0.4, -0.2) is 0 Å². The number of halogens is 10. The van der Waals surface area contributed by atoms with Gasteiger partial charge in [-0.05, 0) is 64.9 Å². The lowest BCUT2D eigenvalue weighted by Crippen LogP contribution is -2.12. The van der Waals surface area contributed by atoms with Crippen molar-refractivity contribution in [2.24, 2.45) is 0 Å². The van der Waals surface area contributed by atoms with Crippen molar-refractivity contribution >= 4 is 5.83 Å². The third-order valence-electron chi connectivity index (χ3n) is 6.04. The molecule has 0 aliphatic rings. The number of alkyl halides is 3. The second kappa shape index (κ2) is 11.0. The van der Waals surface area contributed by atoms with Gasteiger partial charge in [-0.1, -0.05) is 48.5 Å². The molecule has 0 atom stereocenters. The third-order valence-corrected chi connectivity index (χ3v) is 6.04. The summed E-state index contributed by atoms with van der Waals surface area (Å²) in [7, 11) is 0. The Kier molecular flexibility index (Phi) is 7.85. The number of hydrogen-bond donors (Lipinski definition) is 0. The molecule has 4 aromatic rings. The monoisotopic (exact) mass is 554 g/mol. The molecular formula is C29H16F10. The van der Waals surface area contributed by atoms with Crippen molar-refractivity contribution in [2.45, 2.75) is 19.0 Å². The normalized spacial score (nSPS) is 11.5. The highest BCUT2D eigenvalue weighted by Crippen LogP contribution is 2.35. The summed E-state index contributed by atoms with van der Waals surface area (Å²) in [6.45, 7) is 0. The number of rotatable bonds is 6. The first-order valence-electron chi connectivity index (χ1n) is 11.3. The zero-order valence-corrected chi connectivity index (χ0v) is 19.6. The predicted octanol–water partition coefficient (Wildman–Crippen LogP) is 9.92. The molecule has 202 valence electrons. The lowest BCUT2D eigenvalue weighted by Gasteiger charge is -2.12. The summed E-state index contributed by atoms with van der Waals surface area (Å²) in [5.41, 5.74) is -1.32. The Labute approximate surface area is 215 Å². The standard InChI is InChI=1S/C29H16F10/c30-22-14-20(8-5-17(22)2-1-15-11-24(32)26(25(33)12-15)29(37,38)39)21-10-9-19(13-23(21)31)16-3-6-18(7-4-16)27(34)28(35)36/h3-14H,1-2H2.